The van der Waals surface area contributed by atoms with E-state index in [1.165, 1.54) is 11.5 Å². The standard InChI is InChI=1S/C11H18N4OS.ClH/c1-3-9-10(17-14-13-9)11(16)15-6-8(5-12)4-7(15)2;/h7-8H,3-6,12H2,1-2H3;1H. The van der Waals surface area contributed by atoms with Crippen LogP contribution < -0.4 is 5.73 Å². The molecular formula is C11H19ClN4OS. The first-order valence-corrected chi connectivity index (χ1v) is 6.77. The molecule has 1 amide bonds. The minimum absolute atomic E-state index is 0. The van der Waals surface area contributed by atoms with E-state index in [1.807, 2.05) is 11.8 Å². The summed E-state index contributed by atoms with van der Waals surface area (Å²) in [4.78, 5) is 15.0. The van der Waals surface area contributed by atoms with Crippen LogP contribution in [0.15, 0.2) is 0 Å². The highest BCUT2D eigenvalue weighted by Crippen LogP contribution is 2.25. The van der Waals surface area contributed by atoms with Gasteiger partial charge in [0.15, 0.2) is 0 Å². The van der Waals surface area contributed by atoms with Crippen LogP contribution in [0.5, 0.6) is 0 Å². The monoisotopic (exact) mass is 290 g/mol. The van der Waals surface area contributed by atoms with Gasteiger partial charge in [-0.25, -0.2) is 0 Å². The van der Waals surface area contributed by atoms with Crippen molar-refractivity contribution in [1.82, 2.24) is 14.5 Å². The molecule has 1 aromatic rings. The molecule has 1 aromatic heterocycles. The topological polar surface area (TPSA) is 72.1 Å². The van der Waals surface area contributed by atoms with Crippen LogP contribution in [0.2, 0.25) is 0 Å². The molecule has 0 aromatic carbocycles. The Labute approximate surface area is 117 Å². The molecule has 2 rings (SSSR count). The van der Waals surface area contributed by atoms with Crippen LogP contribution in [0, 0.1) is 5.92 Å². The summed E-state index contributed by atoms with van der Waals surface area (Å²) in [5.41, 5.74) is 6.48. The van der Waals surface area contributed by atoms with Crippen molar-refractivity contribution in [2.45, 2.75) is 32.7 Å². The van der Waals surface area contributed by atoms with Crippen LogP contribution in [0.25, 0.3) is 0 Å². The lowest BCUT2D eigenvalue weighted by atomic mass is 10.1. The average Bonchev–Trinajstić information content (AvgIpc) is 2.93. The van der Waals surface area contributed by atoms with Crippen molar-refractivity contribution in [3.05, 3.63) is 10.6 Å². The van der Waals surface area contributed by atoms with Crippen LogP contribution in [-0.4, -0.2) is 39.5 Å². The van der Waals surface area contributed by atoms with E-state index in [2.05, 4.69) is 16.5 Å². The number of hydrogen-bond donors (Lipinski definition) is 1. The van der Waals surface area contributed by atoms with E-state index < -0.39 is 0 Å². The molecule has 7 heteroatoms. The molecular weight excluding hydrogens is 272 g/mol. The van der Waals surface area contributed by atoms with E-state index in [1.54, 1.807) is 0 Å². The van der Waals surface area contributed by atoms with Crippen molar-refractivity contribution in [3.8, 4) is 0 Å². The molecule has 2 N–H and O–H groups in total. The first-order chi connectivity index (χ1) is 8.17. The zero-order chi connectivity index (χ0) is 12.4. The lowest BCUT2D eigenvalue weighted by molar-refractivity contribution is 0.0747. The largest absolute Gasteiger partial charge is 0.335 e. The van der Waals surface area contributed by atoms with E-state index >= 15 is 0 Å². The maximum atomic E-state index is 12.4. The molecule has 2 unspecified atom stereocenters. The highest BCUT2D eigenvalue weighted by Gasteiger charge is 2.33. The van der Waals surface area contributed by atoms with Gasteiger partial charge in [0.05, 0.1) is 5.69 Å². The third-order valence-corrected chi connectivity index (χ3v) is 4.10. The highest BCUT2D eigenvalue weighted by molar-refractivity contribution is 7.08. The summed E-state index contributed by atoms with van der Waals surface area (Å²) in [6.07, 6.45) is 1.75. The predicted octanol–water partition coefficient (Wildman–Crippen LogP) is 1.33. The summed E-state index contributed by atoms with van der Waals surface area (Å²) in [6, 6.07) is 0.267. The fourth-order valence-corrected chi connectivity index (χ4v) is 3.04. The molecule has 0 spiro atoms. The number of nitrogens with two attached hydrogens (primary N) is 1. The van der Waals surface area contributed by atoms with Gasteiger partial charge >= 0.3 is 0 Å². The Balaban J connectivity index is 0.00000162. The van der Waals surface area contributed by atoms with Gasteiger partial charge in [0.2, 0.25) is 0 Å². The van der Waals surface area contributed by atoms with Crippen LogP contribution in [-0.2, 0) is 6.42 Å². The molecule has 1 fully saturated rings. The van der Waals surface area contributed by atoms with Crippen molar-refractivity contribution >= 4 is 29.8 Å². The number of amides is 1. The maximum absolute atomic E-state index is 12.4. The summed E-state index contributed by atoms with van der Waals surface area (Å²) in [5.74, 6) is 0.500. The second-order valence-corrected chi connectivity index (χ2v) is 5.30. The van der Waals surface area contributed by atoms with E-state index in [0.717, 1.165) is 25.1 Å². The Kier molecular flexibility index (Phi) is 5.49. The van der Waals surface area contributed by atoms with Gasteiger partial charge in [-0.1, -0.05) is 11.4 Å². The normalized spacial score (nSPS) is 22.9. The number of hydrogen-bond acceptors (Lipinski definition) is 5. The van der Waals surface area contributed by atoms with Gasteiger partial charge in [-0.15, -0.1) is 17.5 Å². The third kappa shape index (κ3) is 2.81. The van der Waals surface area contributed by atoms with Gasteiger partial charge in [-0.2, -0.15) is 0 Å². The van der Waals surface area contributed by atoms with Gasteiger partial charge in [0.25, 0.3) is 5.91 Å². The highest BCUT2D eigenvalue weighted by atomic mass is 35.5. The molecule has 1 aliphatic rings. The Hall–Kier alpha value is -0.720. The molecule has 2 atom stereocenters. The lowest BCUT2D eigenvalue weighted by Crippen LogP contribution is -2.34. The quantitative estimate of drug-likeness (QED) is 0.911. The van der Waals surface area contributed by atoms with Crippen molar-refractivity contribution < 1.29 is 4.79 Å². The van der Waals surface area contributed by atoms with Crippen LogP contribution in [0.4, 0.5) is 0 Å². The van der Waals surface area contributed by atoms with Crippen LogP contribution in [0.1, 0.15) is 35.6 Å². The second-order valence-electron chi connectivity index (χ2n) is 4.55. The number of nitrogens with zero attached hydrogens (tertiary/aromatic N) is 3. The van der Waals surface area contributed by atoms with E-state index in [0.29, 0.717) is 17.3 Å². The molecule has 5 nitrogen and oxygen atoms in total. The zero-order valence-electron chi connectivity index (χ0n) is 10.6. The Morgan fingerprint density at radius 3 is 2.89 bits per heavy atom. The number of aromatic nitrogens is 2. The van der Waals surface area contributed by atoms with E-state index in [4.69, 9.17) is 5.73 Å². The number of carbonyl (C=O) groups is 1. The fourth-order valence-electron chi connectivity index (χ4n) is 2.33. The predicted molar refractivity (Wildman–Crippen MR) is 74.2 cm³/mol. The van der Waals surface area contributed by atoms with Crippen LogP contribution >= 0.6 is 23.9 Å². The van der Waals surface area contributed by atoms with Gasteiger partial charge in [0, 0.05) is 12.6 Å². The molecule has 0 aliphatic carbocycles. The van der Waals surface area contributed by atoms with E-state index in [-0.39, 0.29) is 24.4 Å². The zero-order valence-corrected chi connectivity index (χ0v) is 12.3. The fraction of sp³-hybridized carbons (Fsp3) is 0.727. The second kappa shape index (κ2) is 6.45. The summed E-state index contributed by atoms with van der Waals surface area (Å²) in [5, 5.41) is 3.99. The van der Waals surface area contributed by atoms with Gasteiger partial charge in [-0.3, -0.25) is 4.79 Å². The summed E-state index contributed by atoms with van der Waals surface area (Å²) >= 11 is 1.20. The first-order valence-electron chi connectivity index (χ1n) is 5.99. The number of carbonyl (C=O) groups excluding carboxylic acids is 1. The third-order valence-electron chi connectivity index (χ3n) is 3.34. The minimum Gasteiger partial charge on any atom is -0.335 e. The summed E-state index contributed by atoms with van der Waals surface area (Å²) < 4.78 is 3.87. The lowest BCUT2D eigenvalue weighted by Gasteiger charge is -2.20. The van der Waals surface area contributed by atoms with Gasteiger partial charge < -0.3 is 10.6 Å². The number of likely N-dealkylation sites (tertiary alicyclic amines) is 1. The Bertz CT molecular complexity index is 412. The maximum Gasteiger partial charge on any atom is 0.267 e. The molecule has 0 bridgehead atoms. The van der Waals surface area contributed by atoms with Gasteiger partial charge in [-0.05, 0) is 43.8 Å². The van der Waals surface area contributed by atoms with E-state index in [9.17, 15) is 4.79 Å². The smallest absolute Gasteiger partial charge is 0.267 e. The molecule has 0 radical (unpaired) electrons. The molecule has 0 saturated carbocycles. The molecule has 18 heavy (non-hydrogen) atoms. The molecule has 1 saturated heterocycles. The number of aryl methyl sites for hydroxylation is 1. The first kappa shape index (κ1) is 15.3. The molecule has 2 heterocycles. The van der Waals surface area contributed by atoms with Crippen LogP contribution in [0.3, 0.4) is 0 Å². The Morgan fingerprint density at radius 2 is 2.33 bits per heavy atom. The number of halogens is 1. The van der Waals surface area contributed by atoms with Crippen molar-refractivity contribution in [1.29, 1.82) is 0 Å². The van der Waals surface area contributed by atoms with Crippen molar-refractivity contribution in [3.63, 3.8) is 0 Å². The van der Waals surface area contributed by atoms with Crippen molar-refractivity contribution in [2.24, 2.45) is 11.7 Å². The SMILES string of the molecule is CCc1nnsc1C(=O)N1CC(CN)CC1C.Cl. The average molecular weight is 291 g/mol. The summed E-state index contributed by atoms with van der Waals surface area (Å²) in [6.45, 7) is 5.48. The Morgan fingerprint density at radius 1 is 1.61 bits per heavy atom. The van der Waals surface area contributed by atoms with Crippen molar-refractivity contribution in [2.75, 3.05) is 13.1 Å². The summed E-state index contributed by atoms with van der Waals surface area (Å²) in [7, 11) is 0. The van der Waals surface area contributed by atoms with Gasteiger partial charge in [0.1, 0.15) is 4.88 Å². The molecule has 1 aliphatic heterocycles. The number of rotatable bonds is 3. The molecule has 102 valence electrons. The minimum atomic E-state index is 0.